The van der Waals surface area contributed by atoms with Crippen LogP contribution >= 0.6 is 0 Å². The van der Waals surface area contributed by atoms with E-state index in [0.717, 1.165) is 57.3 Å². The number of piperidine rings is 1. The summed E-state index contributed by atoms with van der Waals surface area (Å²) in [5.41, 5.74) is 0.531. The van der Waals surface area contributed by atoms with E-state index < -0.39 is 11.6 Å². The van der Waals surface area contributed by atoms with Gasteiger partial charge in [-0.15, -0.1) is 0 Å². The summed E-state index contributed by atoms with van der Waals surface area (Å²) in [5.74, 6) is 0.114. The molecule has 0 saturated carbocycles. The van der Waals surface area contributed by atoms with E-state index in [4.69, 9.17) is 10.1 Å². The summed E-state index contributed by atoms with van der Waals surface area (Å²) in [5, 5.41) is 4.75. The quantitative estimate of drug-likeness (QED) is 0.842. The molecule has 5 nitrogen and oxygen atoms in total. The van der Waals surface area contributed by atoms with Crippen molar-refractivity contribution in [2.75, 3.05) is 40.3 Å². The highest BCUT2D eigenvalue weighted by molar-refractivity contribution is 5.54. The minimum Gasteiger partial charge on any atom is -0.306 e. The molecule has 0 spiro atoms. The molecule has 1 unspecified atom stereocenters. The average molecular weight is 361 g/mol. The fourth-order valence-corrected chi connectivity index (χ4v) is 4.03. The lowest BCUT2D eigenvalue weighted by Gasteiger charge is -2.30. The van der Waals surface area contributed by atoms with Crippen molar-refractivity contribution in [2.24, 2.45) is 0 Å². The Hall–Kier alpha value is -1.86. The molecular formula is C19H25F2N5. The zero-order chi connectivity index (χ0) is 18.3. The Bertz CT molecular complexity index is 782. The number of halogens is 2. The van der Waals surface area contributed by atoms with Crippen molar-refractivity contribution >= 4 is 0 Å². The fourth-order valence-electron chi connectivity index (χ4n) is 4.03. The second-order valence-electron chi connectivity index (χ2n) is 7.65. The summed E-state index contributed by atoms with van der Waals surface area (Å²) >= 11 is 0. The lowest BCUT2D eigenvalue weighted by atomic mass is 10.0. The summed E-state index contributed by atoms with van der Waals surface area (Å²) in [6.07, 6.45) is 3.12. The smallest absolute Gasteiger partial charge is 0.181 e. The molecule has 1 aromatic heterocycles. The third-order valence-electron chi connectivity index (χ3n) is 5.63. The molecule has 26 heavy (non-hydrogen) atoms. The predicted molar refractivity (Wildman–Crippen MR) is 96.0 cm³/mol. The highest BCUT2D eigenvalue weighted by Crippen LogP contribution is 2.32. The van der Waals surface area contributed by atoms with Crippen molar-refractivity contribution in [2.45, 2.75) is 31.2 Å². The summed E-state index contributed by atoms with van der Waals surface area (Å²) in [6, 6.07) is 4.20. The highest BCUT2D eigenvalue weighted by Gasteiger charge is 2.30. The van der Waals surface area contributed by atoms with Gasteiger partial charge in [-0.25, -0.2) is 18.4 Å². The van der Waals surface area contributed by atoms with Crippen LogP contribution in [0.15, 0.2) is 18.2 Å². The van der Waals surface area contributed by atoms with Crippen molar-refractivity contribution in [3.05, 3.63) is 35.7 Å². The Labute approximate surface area is 152 Å². The first-order valence-corrected chi connectivity index (χ1v) is 9.30. The third-order valence-corrected chi connectivity index (χ3v) is 5.63. The maximum absolute atomic E-state index is 13.7. The molecule has 2 aliphatic rings. The highest BCUT2D eigenvalue weighted by atomic mass is 19.2. The van der Waals surface area contributed by atoms with Gasteiger partial charge in [-0.05, 0) is 71.2 Å². The molecule has 2 saturated heterocycles. The molecule has 0 aliphatic carbocycles. The largest absolute Gasteiger partial charge is 0.306 e. The first-order valence-electron chi connectivity index (χ1n) is 9.30. The maximum atomic E-state index is 13.7. The predicted octanol–water partition coefficient (Wildman–Crippen LogP) is 2.91. The van der Waals surface area contributed by atoms with Crippen molar-refractivity contribution in [3.8, 4) is 11.4 Å². The molecule has 2 fully saturated rings. The molecule has 7 heteroatoms. The van der Waals surface area contributed by atoms with E-state index in [1.165, 1.54) is 6.07 Å². The Morgan fingerprint density at radius 1 is 0.962 bits per heavy atom. The minimum atomic E-state index is -0.861. The molecule has 0 amide bonds. The van der Waals surface area contributed by atoms with Crippen LogP contribution in [0.4, 0.5) is 8.78 Å². The number of likely N-dealkylation sites (N-methyl/N-ethyl adjacent to an activating group) is 1. The lowest BCUT2D eigenvalue weighted by molar-refractivity contribution is 0.208. The van der Waals surface area contributed by atoms with Crippen molar-refractivity contribution in [3.63, 3.8) is 0 Å². The van der Waals surface area contributed by atoms with Crippen LogP contribution in [-0.4, -0.2) is 64.8 Å². The van der Waals surface area contributed by atoms with E-state index in [2.05, 4.69) is 28.6 Å². The van der Waals surface area contributed by atoms with Crippen LogP contribution in [0.25, 0.3) is 11.4 Å². The van der Waals surface area contributed by atoms with Gasteiger partial charge in [0.15, 0.2) is 17.5 Å². The second-order valence-corrected chi connectivity index (χ2v) is 7.65. The number of hydrogen-bond acceptors (Lipinski definition) is 4. The van der Waals surface area contributed by atoms with Crippen LogP contribution in [0.2, 0.25) is 0 Å². The molecule has 1 aromatic carbocycles. The number of aromatic nitrogens is 3. The maximum Gasteiger partial charge on any atom is 0.181 e. The lowest BCUT2D eigenvalue weighted by Crippen LogP contribution is -2.33. The van der Waals surface area contributed by atoms with Crippen molar-refractivity contribution in [1.29, 1.82) is 0 Å². The van der Waals surface area contributed by atoms with E-state index in [1.807, 2.05) is 0 Å². The number of nitrogens with zero attached hydrogens (tertiary/aromatic N) is 5. The number of benzene rings is 1. The summed E-state index contributed by atoms with van der Waals surface area (Å²) in [4.78, 5) is 9.41. The average Bonchev–Trinajstić information content (AvgIpc) is 3.24. The fraction of sp³-hybridized carbons (Fsp3) is 0.579. The zero-order valence-electron chi connectivity index (χ0n) is 15.3. The van der Waals surface area contributed by atoms with Gasteiger partial charge in [0.05, 0.1) is 6.04 Å². The van der Waals surface area contributed by atoms with Gasteiger partial charge >= 0.3 is 0 Å². The standard InChI is InChI=1S/C19H25F2N5/c1-24-9-6-15(7-10-24)26-19(14-5-8-25(2)12-14)22-18(23-26)13-3-4-16(20)17(21)11-13/h3-4,11,14-15H,5-10,12H2,1-2H3. The van der Waals surface area contributed by atoms with Gasteiger partial charge in [-0.1, -0.05) is 0 Å². The first-order chi connectivity index (χ1) is 12.5. The van der Waals surface area contributed by atoms with Gasteiger partial charge in [0, 0.05) is 18.0 Å². The van der Waals surface area contributed by atoms with Crippen LogP contribution in [-0.2, 0) is 0 Å². The summed E-state index contributed by atoms with van der Waals surface area (Å²) in [7, 11) is 4.25. The Morgan fingerprint density at radius 2 is 1.69 bits per heavy atom. The van der Waals surface area contributed by atoms with Crippen molar-refractivity contribution < 1.29 is 8.78 Å². The Balaban J connectivity index is 1.70. The van der Waals surface area contributed by atoms with Crippen LogP contribution < -0.4 is 0 Å². The molecular weight excluding hydrogens is 336 g/mol. The van der Waals surface area contributed by atoms with E-state index in [0.29, 0.717) is 23.3 Å². The van der Waals surface area contributed by atoms with Crippen molar-refractivity contribution in [1.82, 2.24) is 24.6 Å². The van der Waals surface area contributed by atoms with E-state index >= 15 is 0 Å². The monoisotopic (exact) mass is 361 g/mol. The van der Waals surface area contributed by atoms with Gasteiger partial charge in [-0.2, -0.15) is 5.10 Å². The Morgan fingerprint density at radius 3 is 2.35 bits per heavy atom. The molecule has 4 rings (SSSR count). The zero-order valence-corrected chi connectivity index (χ0v) is 15.3. The van der Waals surface area contributed by atoms with E-state index in [9.17, 15) is 8.78 Å². The molecule has 3 heterocycles. The topological polar surface area (TPSA) is 37.2 Å². The number of rotatable bonds is 3. The van der Waals surface area contributed by atoms with Crippen LogP contribution in [0, 0.1) is 11.6 Å². The first kappa shape index (κ1) is 17.5. The molecule has 0 N–H and O–H groups in total. The molecule has 2 aromatic rings. The van der Waals surface area contributed by atoms with E-state index in [-0.39, 0.29) is 0 Å². The molecule has 0 radical (unpaired) electrons. The number of hydrogen-bond donors (Lipinski definition) is 0. The normalized spacial score (nSPS) is 23.0. The summed E-state index contributed by atoms with van der Waals surface area (Å²) in [6.45, 7) is 4.08. The second kappa shape index (κ2) is 7.04. The van der Waals surface area contributed by atoms with Crippen LogP contribution in [0.3, 0.4) is 0 Å². The Kier molecular flexibility index (Phi) is 4.75. The molecule has 140 valence electrons. The van der Waals surface area contributed by atoms with E-state index in [1.54, 1.807) is 6.07 Å². The van der Waals surface area contributed by atoms with Gasteiger partial charge in [-0.3, -0.25) is 0 Å². The minimum absolute atomic E-state index is 0.318. The van der Waals surface area contributed by atoms with Gasteiger partial charge in [0.1, 0.15) is 5.82 Å². The van der Waals surface area contributed by atoms with Gasteiger partial charge < -0.3 is 9.80 Å². The molecule has 0 bridgehead atoms. The van der Waals surface area contributed by atoms with Gasteiger partial charge in [0.2, 0.25) is 0 Å². The molecule has 2 aliphatic heterocycles. The van der Waals surface area contributed by atoms with Crippen LogP contribution in [0.1, 0.15) is 37.0 Å². The SMILES string of the molecule is CN1CCC(n2nc(-c3ccc(F)c(F)c3)nc2C2CCN(C)C2)CC1. The van der Waals surface area contributed by atoms with Crippen LogP contribution in [0.5, 0.6) is 0 Å². The number of likely N-dealkylation sites (tertiary alicyclic amines) is 2. The van der Waals surface area contributed by atoms with Gasteiger partial charge in [0.25, 0.3) is 0 Å². The molecule has 1 atom stereocenters. The summed E-state index contributed by atoms with van der Waals surface area (Å²) < 4.78 is 29.0. The third kappa shape index (κ3) is 3.38.